The van der Waals surface area contributed by atoms with Crippen LogP contribution in [-0.4, -0.2) is 11.6 Å². The summed E-state index contributed by atoms with van der Waals surface area (Å²) in [5.74, 6) is 1.62. The maximum Gasteiger partial charge on any atom is 0.143 e. The van der Waals surface area contributed by atoms with Gasteiger partial charge in [0.2, 0.25) is 0 Å². The van der Waals surface area contributed by atoms with Gasteiger partial charge in [0.1, 0.15) is 11.6 Å². The van der Waals surface area contributed by atoms with Crippen LogP contribution in [-0.2, 0) is 9.59 Å². The Kier molecular flexibility index (Phi) is 3.22. The summed E-state index contributed by atoms with van der Waals surface area (Å²) < 4.78 is 0. The molecule has 2 fully saturated rings. The summed E-state index contributed by atoms with van der Waals surface area (Å²) in [4.78, 5) is 23.3. The van der Waals surface area contributed by atoms with Gasteiger partial charge in [-0.15, -0.1) is 0 Å². The van der Waals surface area contributed by atoms with Crippen molar-refractivity contribution >= 4 is 11.6 Å². The van der Waals surface area contributed by atoms with Gasteiger partial charge in [0, 0.05) is 12.8 Å². The molecule has 2 saturated carbocycles. The molecule has 2 aliphatic rings. The van der Waals surface area contributed by atoms with Gasteiger partial charge in [-0.1, -0.05) is 26.2 Å². The second-order valence-electron chi connectivity index (χ2n) is 5.06. The Labute approximate surface area is 91.4 Å². The van der Waals surface area contributed by atoms with Crippen LogP contribution in [0.4, 0.5) is 0 Å². The molecule has 2 rings (SSSR count). The molecule has 0 heterocycles. The molecule has 15 heavy (non-hydrogen) atoms. The van der Waals surface area contributed by atoms with Gasteiger partial charge in [-0.05, 0) is 24.7 Å². The van der Waals surface area contributed by atoms with Crippen LogP contribution in [0, 0.1) is 17.8 Å². The van der Waals surface area contributed by atoms with E-state index >= 15 is 0 Å². The zero-order valence-corrected chi connectivity index (χ0v) is 9.50. The molecular weight excluding hydrogens is 188 g/mol. The highest BCUT2D eigenvalue weighted by molar-refractivity contribution is 6.02. The van der Waals surface area contributed by atoms with Crippen LogP contribution in [0.15, 0.2) is 0 Å². The number of rotatable bonds is 3. The summed E-state index contributed by atoms with van der Waals surface area (Å²) in [6.45, 7) is 1.86. The van der Waals surface area contributed by atoms with Gasteiger partial charge >= 0.3 is 0 Å². The largest absolute Gasteiger partial charge is 0.299 e. The fourth-order valence-electron chi connectivity index (χ4n) is 2.95. The van der Waals surface area contributed by atoms with Gasteiger partial charge in [0.25, 0.3) is 0 Å². The average Bonchev–Trinajstić information content (AvgIpc) is 2.17. The lowest BCUT2D eigenvalue weighted by molar-refractivity contribution is -0.136. The van der Waals surface area contributed by atoms with E-state index in [0.717, 1.165) is 18.8 Å². The minimum absolute atomic E-state index is 0.170. The molecule has 0 aromatic rings. The minimum atomic E-state index is -0.241. The van der Waals surface area contributed by atoms with Crippen molar-refractivity contribution in [2.45, 2.75) is 51.9 Å². The topological polar surface area (TPSA) is 34.1 Å². The van der Waals surface area contributed by atoms with E-state index < -0.39 is 0 Å². The van der Waals surface area contributed by atoms with Crippen molar-refractivity contribution in [3.8, 4) is 0 Å². The lowest BCUT2D eigenvalue weighted by Gasteiger charge is -2.38. The molecule has 2 aliphatic carbocycles. The number of carbonyl (C=O) groups is 2. The van der Waals surface area contributed by atoms with E-state index in [9.17, 15) is 9.59 Å². The Hall–Kier alpha value is -0.660. The van der Waals surface area contributed by atoms with Crippen LogP contribution in [0.3, 0.4) is 0 Å². The average molecular weight is 208 g/mol. The minimum Gasteiger partial charge on any atom is -0.299 e. The fourth-order valence-corrected chi connectivity index (χ4v) is 2.95. The van der Waals surface area contributed by atoms with Gasteiger partial charge < -0.3 is 0 Å². The standard InChI is InChI=1S/C13H20O2/c1-2-12(14)11-8-10(6-7-13(11)15)9-4-3-5-9/h9-11H,2-8H2,1H3. The van der Waals surface area contributed by atoms with Crippen molar-refractivity contribution < 1.29 is 9.59 Å². The molecule has 0 bridgehead atoms. The molecule has 2 atom stereocenters. The SMILES string of the molecule is CCC(=O)C1CC(C2CCC2)CCC1=O. The van der Waals surface area contributed by atoms with Crippen LogP contribution >= 0.6 is 0 Å². The Bertz CT molecular complexity index is 258. The highest BCUT2D eigenvalue weighted by Gasteiger charge is 2.37. The van der Waals surface area contributed by atoms with E-state index in [1.807, 2.05) is 6.92 Å². The first-order chi connectivity index (χ1) is 7.22. The van der Waals surface area contributed by atoms with E-state index in [-0.39, 0.29) is 17.5 Å². The highest BCUT2D eigenvalue weighted by Crippen LogP contribution is 2.42. The normalized spacial score (nSPS) is 32.5. The molecule has 0 aromatic heterocycles. The first-order valence-electron chi connectivity index (χ1n) is 6.27. The molecule has 0 saturated heterocycles. The van der Waals surface area contributed by atoms with Gasteiger partial charge in [-0.3, -0.25) is 9.59 Å². The summed E-state index contributed by atoms with van der Waals surface area (Å²) in [5.41, 5.74) is 0. The molecule has 0 radical (unpaired) electrons. The number of ketones is 2. The zero-order valence-electron chi connectivity index (χ0n) is 9.50. The molecule has 0 amide bonds. The van der Waals surface area contributed by atoms with Crippen LogP contribution in [0.2, 0.25) is 0 Å². The molecule has 84 valence electrons. The van der Waals surface area contributed by atoms with Crippen molar-refractivity contribution in [2.24, 2.45) is 17.8 Å². The Morgan fingerprint density at radius 2 is 2.00 bits per heavy atom. The molecule has 0 aromatic carbocycles. The third kappa shape index (κ3) is 2.14. The number of hydrogen-bond acceptors (Lipinski definition) is 2. The van der Waals surface area contributed by atoms with Gasteiger partial charge in [-0.2, -0.15) is 0 Å². The lowest BCUT2D eigenvalue weighted by Crippen LogP contribution is -2.35. The molecular formula is C13H20O2. The number of hydrogen-bond donors (Lipinski definition) is 0. The summed E-state index contributed by atoms with van der Waals surface area (Å²) in [5, 5.41) is 0. The van der Waals surface area contributed by atoms with E-state index in [0.29, 0.717) is 18.8 Å². The predicted octanol–water partition coefficient (Wildman–Crippen LogP) is 2.75. The molecule has 0 spiro atoms. The van der Waals surface area contributed by atoms with Gasteiger partial charge in [0.15, 0.2) is 0 Å². The van der Waals surface area contributed by atoms with Crippen molar-refractivity contribution in [3.05, 3.63) is 0 Å². The van der Waals surface area contributed by atoms with Gasteiger partial charge in [-0.25, -0.2) is 0 Å². The van der Waals surface area contributed by atoms with E-state index in [1.54, 1.807) is 0 Å². The first kappa shape index (κ1) is 10.8. The van der Waals surface area contributed by atoms with E-state index in [2.05, 4.69) is 0 Å². The summed E-state index contributed by atoms with van der Waals surface area (Å²) in [6, 6.07) is 0. The zero-order chi connectivity index (χ0) is 10.8. The van der Waals surface area contributed by atoms with Crippen LogP contribution in [0.1, 0.15) is 51.9 Å². The van der Waals surface area contributed by atoms with Crippen LogP contribution in [0.5, 0.6) is 0 Å². The molecule has 0 aliphatic heterocycles. The molecule has 2 nitrogen and oxygen atoms in total. The van der Waals surface area contributed by atoms with Crippen molar-refractivity contribution in [3.63, 3.8) is 0 Å². The monoisotopic (exact) mass is 208 g/mol. The quantitative estimate of drug-likeness (QED) is 0.668. The van der Waals surface area contributed by atoms with E-state index in [4.69, 9.17) is 0 Å². The third-order valence-electron chi connectivity index (χ3n) is 4.24. The van der Waals surface area contributed by atoms with Crippen molar-refractivity contribution in [1.82, 2.24) is 0 Å². The first-order valence-corrected chi connectivity index (χ1v) is 6.27. The fraction of sp³-hybridized carbons (Fsp3) is 0.846. The van der Waals surface area contributed by atoms with Crippen molar-refractivity contribution in [2.75, 3.05) is 0 Å². The Morgan fingerprint density at radius 1 is 1.27 bits per heavy atom. The predicted molar refractivity (Wildman–Crippen MR) is 58.5 cm³/mol. The van der Waals surface area contributed by atoms with Gasteiger partial charge in [0.05, 0.1) is 5.92 Å². The third-order valence-corrected chi connectivity index (χ3v) is 4.24. The summed E-state index contributed by atoms with van der Waals surface area (Å²) in [6.07, 6.45) is 7.07. The lowest BCUT2D eigenvalue weighted by atomic mass is 9.66. The summed E-state index contributed by atoms with van der Waals surface area (Å²) in [7, 11) is 0. The number of carbonyl (C=O) groups excluding carboxylic acids is 2. The van der Waals surface area contributed by atoms with Crippen molar-refractivity contribution in [1.29, 1.82) is 0 Å². The maximum absolute atomic E-state index is 11.6. The highest BCUT2D eigenvalue weighted by atomic mass is 16.1. The van der Waals surface area contributed by atoms with E-state index in [1.165, 1.54) is 19.3 Å². The second kappa shape index (κ2) is 4.46. The molecule has 2 heteroatoms. The smallest absolute Gasteiger partial charge is 0.143 e. The molecule has 2 unspecified atom stereocenters. The van der Waals surface area contributed by atoms with Crippen LogP contribution < -0.4 is 0 Å². The Balaban J connectivity index is 1.97. The maximum atomic E-state index is 11.6. The van der Waals surface area contributed by atoms with Crippen LogP contribution in [0.25, 0.3) is 0 Å². The Morgan fingerprint density at radius 3 is 2.53 bits per heavy atom. The second-order valence-corrected chi connectivity index (χ2v) is 5.06. The molecule has 0 N–H and O–H groups in total. The number of Topliss-reactive ketones (excluding diaryl/α,β-unsaturated/α-hetero) is 2. The summed E-state index contributed by atoms with van der Waals surface area (Å²) >= 11 is 0.